The first kappa shape index (κ1) is 20.7. The van der Waals surface area contributed by atoms with Crippen LogP contribution in [0.5, 0.6) is 0 Å². The summed E-state index contributed by atoms with van der Waals surface area (Å²) in [5.41, 5.74) is 1.23. The molecule has 2 amide bonds. The summed E-state index contributed by atoms with van der Waals surface area (Å²) in [5.74, 6) is 0.583. The summed E-state index contributed by atoms with van der Waals surface area (Å²) in [6.07, 6.45) is 0.365. The molecule has 1 fully saturated rings. The number of nitrogens with zero attached hydrogens (tertiary/aromatic N) is 3. The van der Waals surface area contributed by atoms with E-state index in [0.29, 0.717) is 61.9 Å². The van der Waals surface area contributed by atoms with Crippen LogP contribution in [-0.4, -0.2) is 71.6 Å². The van der Waals surface area contributed by atoms with Crippen molar-refractivity contribution in [2.45, 2.75) is 25.6 Å². The Bertz CT molecular complexity index is 814. The van der Waals surface area contributed by atoms with Gasteiger partial charge in [-0.1, -0.05) is 5.16 Å². The van der Waals surface area contributed by atoms with Crippen LogP contribution in [0, 0.1) is 0 Å². The minimum Gasteiger partial charge on any atom is -0.465 e. The zero-order valence-corrected chi connectivity index (χ0v) is 16.2. The number of ether oxygens (including phenoxy) is 2. The molecule has 156 valence electrons. The molecule has 0 aliphatic carbocycles. The van der Waals surface area contributed by atoms with Crippen molar-refractivity contribution in [3.05, 3.63) is 35.7 Å². The van der Waals surface area contributed by atoms with Gasteiger partial charge in [0.25, 0.3) is 11.8 Å². The Morgan fingerprint density at radius 1 is 1.28 bits per heavy atom. The van der Waals surface area contributed by atoms with Crippen LogP contribution in [0.15, 0.2) is 28.8 Å². The van der Waals surface area contributed by atoms with Crippen molar-refractivity contribution in [2.75, 3.05) is 33.4 Å². The lowest BCUT2D eigenvalue weighted by atomic mass is 10.1. The molecular formula is C19H24N4O6. The van der Waals surface area contributed by atoms with Gasteiger partial charge in [0.15, 0.2) is 5.82 Å². The fourth-order valence-corrected chi connectivity index (χ4v) is 2.97. The van der Waals surface area contributed by atoms with Crippen LogP contribution >= 0.6 is 0 Å². The normalized spacial score (nSPS) is 14.7. The highest BCUT2D eigenvalue weighted by atomic mass is 16.5. The number of aromatic nitrogens is 2. The number of likely N-dealkylation sites (tertiary alicyclic amines) is 1. The number of hydrogen-bond acceptors (Lipinski definition) is 7. The highest BCUT2D eigenvalue weighted by Crippen LogP contribution is 2.19. The van der Waals surface area contributed by atoms with E-state index in [1.54, 1.807) is 31.4 Å². The molecule has 1 saturated heterocycles. The van der Waals surface area contributed by atoms with E-state index < -0.39 is 6.09 Å². The maximum Gasteiger partial charge on any atom is 0.407 e. The van der Waals surface area contributed by atoms with Gasteiger partial charge >= 0.3 is 6.09 Å². The second-order valence-corrected chi connectivity index (χ2v) is 6.62. The minimum atomic E-state index is -0.898. The van der Waals surface area contributed by atoms with Gasteiger partial charge in [0.1, 0.15) is 6.61 Å². The fourth-order valence-electron chi connectivity index (χ4n) is 2.97. The summed E-state index contributed by atoms with van der Waals surface area (Å²) < 4.78 is 16.0. The molecule has 0 atom stereocenters. The lowest BCUT2D eigenvalue weighted by Crippen LogP contribution is -2.40. The maximum atomic E-state index is 12.0. The number of carbonyl (C=O) groups is 2. The average Bonchev–Trinajstić information content (AvgIpc) is 3.22. The zero-order chi connectivity index (χ0) is 20.6. The molecule has 2 heterocycles. The van der Waals surface area contributed by atoms with Crippen LogP contribution in [0.1, 0.15) is 29.0 Å². The van der Waals surface area contributed by atoms with Gasteiger partial charge in [0.2, 0.25) is 0 Å². The fraction of sp³-hybridized carbons (Fsp3) is 0.474. The Morgan fingerprint density at radius 3 is 2.66 bits per heavy atom. The van der Waals surface area contributed by atoms with Gasteiger partial charge in [0, 0.05) is 37.9 Å². The van der Waals surface area contributed by atoms with Crippen LogP contribution < -0.4 is 5.32 Å². The average molecular weight is 404 g/mol. The molecule has 0 saturated carbocycles. The lowest BCUT2D eigenvalue weighted by molar-refractivity contribution is -0.00295. The van der Waals surface area contributed by atoms with E-state index in [1.165, 1.54) is 4.90 Å². The molecule has 1 aromatic carbocycles. The van der Waals surface area contributed by atoms with E-state index in [0.717, 1.165) is 0 Å². The first-order valence-corrected chi connectivity index (χ1v) is 9.36. The number of methoxy groups -OCH3 is 1. The van der Waals surface area contributed by atoms with Crippen molar-refractivity contribution >= 4 is 12.0 Å². The lowest BCUT2D eigenvalue weighted by Gasteiger charge is -2.29. The first-order chi connectivity index (χ1) is 14.1. The topological polar surface area (TPSA) is 127 Å². The predicted octanol–water partition coefficient (Wildman–Crippen LogP) is 1.77. The summed E-state index contributed by atoms with van der Waals surface area (Å²) in [5, 5.41) is 15.6. The van der Waals surface area contributed by atoms with Gasteiger partial charge in [-0.05, 0) is 37.1 Å². The molecule has 29 heavy (non-hydrogen) atoms. The van der Waals surface area contributed by atoms with Crippen molar-refractivity contribution < 1.29 is 28.7 Å². The second kappa shape index (κ2) is 9.99. The summed E-state index contributed by atoms with van der Waals surface area (Å²) in [4.78, 5) is 28.6. The predicted molar refractivity (Wildman–Crippen MR) is 101 cm³/mol. The van der Waals surface area contributed by atoms with Crippen molar-refractivity contribution in [3.8, 4) is 11.5 Å². The Labute approximate surface area is 167 Å². The Balaban J connectivity index is 1.49. The van der Waals surface area contributed by atoms with E-state index in [4.69, 9.17) is 19.1 Å². The molecule has 2 N–H and O–H groups in total. The summed E-state index contributed by atoms with van der Waals surface area (Å²) >= 11 is 0. The van der Waals surface area contributed by atoms with Crippen molar-refractivity contribution in [1.82, 2.24) is 20.4 Å². The maximum absolute atomic E-state index is 12.0. The van der Waals surface area contributed by atoms with E-state index in [2.05, 4.69) is 15.5 Å². The number of benzene rings is 1. The van der Waals surface area contributed by atoms with E-state index >= 15 is 0 Å². The number of hydrogen-bond donors (Lipinski definition) is 2. The minimum absolute atomic E-state index is 0.0246. The number of rotatable bonds is 8. The smallest absolute Gasteiger partial charge is 0.407 e. The number of nitrogens with one attached hydrogen (secondary N) is 1. The molecule has 0 radical (unpaired) electrons. The Hall–Kier alpha value is -2.98. The molecule has 0 bridgehead atoms. The zero-order valence-electron chi connectivity index (χ0n) is 16.2. The molecule has 0 unspecified atom stereocenters. The van der Waals surface area contributed by atoms with E-state index in [-0.39, 0.29) is 18.6 Å². The molecule has 10 nitrogen and oxygen atoms in total. The molecule has 0 spiro atoms. The number of carboxylic acid groups (broad SMARTS) is 1. The molecular weight excluding hydrogens is 380 g/mol. The van der Waals surface area contributed by atoms with Crippen molar-refractivity contribution in [3.63, 3.8) is 0 Å². The second-order valence-electron chi connectivity index (χ2n) is 6.62. The summed E-state index contributed by atoms with van der Waals surface area (Å²) in [7, 11) is 1.58. The quantitative estimate of drug-likeness (QED) is 0.638. The van der Waals surface area contributed by atoms with Crippen LogP contribution in [0.4, 0.5) is 4.79 Å². The van der Waals surface area contributed by atoms with Gasteiger partial charge in [-0.15, -0.1) is 0 Å². The standard InChI is InChI=1S/C19H24N4O6/c1-27-11-8-20-17(24)13-2-4-14(5-3-13)18-21-16(22-29-18)12-28-15-6-9-23(10-7-15)19(25)26/h2-5,15H,6-12H2,1H3,(H,20,24)(H,25,26). The highest BCUT2D eigenvalue weighted by molar-refractivity contribution is 5.94. The number of amides is 2. The Kier molecular flexibility index (Phi) is 7.14. The van der Waals surface area contributed by atoms with Crippen LogP contribution in [0.3, 0.4) is 0 Å². The monoisotopic (exact) mass is 404 g/mol. The van der Waals surface area contributed by atoms with Crippen LogP contribution in [-0.2, 0) is 16.1 Å². The van der Waals surface area contributed by atoms with Crippen LogP contribution in [0.2, 0.25) is 0 Å². The molecule has 2 aromatic rings. The Morgan fingerprint density at radius 2 is 2.00 bits per heavy atom. The van der Waals surface area contributed by atoms with E-state index in [9.17, 15) is 9.59 Å². The first-order valence-electron chi connectivity index (χ1n) is 9.36. The molecule has 3 rings (SSSR count). The van der Waals surface area contributed by atoms with Gasteiger partial charge in [-0.2, -0.15) is 4.98 Å². The highest BCUT2D eigenvalue weighted by Gasteiger charge is 2.23. The van der Waals surface area contributed by atoms with Gasteiger partial charge < -0.3 is 29.3 Å². The third kappa shape index (κ3) is 5.75. The van der Waals surface area contributed by atoms with Gasteiger partial charge in [-0.25, -0.2) is 4.79 Å². The van der Waals surface area contributed by atoms with E-state index in [1.807, 2.05) is 0 Å². The number of piperidine rings is 1. The third-order valence-electron chi connectivity index (χ3n) is 4.61. The van der Waals surface area contributed by atoms with Crippen LogP contribution in [0.25, 0.3) is 11.5 Å². The molecule has 1 aliphatic heterocycles. The molecule has 1 aromatic heterocycles. The van der Waals surface area contributed by atoms with Crippen molar-refractivity contribution in [1.29, 1.82) is 0 Å². The largest absolute Gasteiger partial charge is 0.465 e. The van der Waals surface area contributed by atoms with Gasteiger partial charge in [0.05, 0.1) is 12.7 Å². The summed E-state index contributed by atoms with van der Waals surface area (Å²) in [6, 6.07) is 6.86. The SMILES string of the molecule is COCCNC(=O)c1ccc(-c2nc(COC3CCN(C(=O)O)CC3)no2)cc1. The molecule has 10 heteroatoms. The number of carbonyl (C=O) groups excluding carboxylic acids is 1. The van der Waals surface area contributed by atoms with Crippen molar-refractivity contribution in [2.24, 2.45) is 0 Å². The third-order valence-corrected chi connectivity index (χ3v) is 4.61. The van der Waals surface area contributed by atoms with Gasteiger partial charge in [-0.3, -0.25) is 4.79 Å². The molecule has 1 aliphatic rings. The summed E-state index contributed by atoms with van der Waals surface area (Å²) in [6.45, 7) is 2.02.